The van der Waals surface area contributed by atoms with Crippen LogP contribution in [0.2, 0.25) is 0 Å². The largest absolute Gasteiger partial charge is 0.479 e. The molecule has 0 saturated heterocycles. The maximum Gasteiger partial charge on any atom is 0.345 e. The van der Waals surface area contributed by atoms with Crippen molar-refractivity contribution in [3.63, 3.8) is 0 Å². The predicted molar refractivity (Wildman–Crippen MR) is 53.6 cm³/mol. The number of carboxylic acids is 1. The quantitative estimate of drug-likeness (QED) is 0.506. The average molecular weight is 230 g/mol. The molecule has 0 saturated carbocycles. The number of carbonyl (C=O) groups excluding carboxylic acids is 2. The lowest BCUT2D eigenvalue weighted by atomic mass is 10.2. The normalized spacial score (nSPS) is 11.3. The van der Waals surface area contributed by atoms with E-state index in [2.05, 4.69) is 16.1 Å². The molecule has 0 fully saturated rings. The first kappa shape index (κ1) is 14.2. The summed E-state index contributed by atoms with van der Waals surface area (Å²) in [6.45, 7) is 5.01. The van der Waals surface area contributed by atoms with E-state index in [9.17, 15) is 14.4 Å². The van der Waals surface area contributed by atoms with Crippen molar-refractivity contribution in [1.82, 2.24) is 0 Å². The van der Waals surface area contributed by atoms with E-state index in [0.29, 0.717) is 0 Å². The number of esters is 2. The Bertz CT molecular complexity index is 283. The predicted octanol–water partition coefficient (Wildman–Crippen LogP) is 0.512. The molecule has 0 aliphatic carbocycles. The van der Waals surface area contributed by atoms with Crippen LogP contribution in [0.15, 0.2) is 12.7 Å². The van der Waals surface area contributed by atoms with E-state index in [1.165, 1.54) is 0 Å². The van der Waals surface area contributed by atoms with E-state index < -0.39 is 24.0 Å². The van der Waals surface area contributed by atoms with E-state index in [1.54, 1.807) is 6.92 Å². The van der Waals surface area contributed by atoms with Gasteiger partial charge >= 0.3 is 17.9 Å². The molecule has 1 atom stereocenters. The van der Waals surface area contributed by atoms with Crippen LogP contribution < -0.4 is 0 Å². The molecule has 0 heterocycles. The van der Waals surface area contributed by atoms with Gasteiger partial charge in [0, 0.05) is 18.9 Å². The maximum absolute atomic E-state index is 10.9. The molecular weight excluding hydrogens is 216 g/mol. The Hall–Kier alpha value is -1.85. The molecule has 0 aliphatic rings. The Morgan fingerprint density at radius 3 is 2.50 bits per heavy atom. The number of aliphatic carboxylic acids is 1. The van der Waals surface area contributed by atoms with Crippen molar-refractivity contribution in [2.24, 2.45) is 0 Å². The van der Waals surface area contributed by atoms with Crippen LogP contribution >= 0.6 is 0 Å². The van der Waals surface area contributed by atoms with E-state index in [0.717, 1.165) is 6.08 Å². The molecule has 0 bridgehead atoms. The van der Waals surface area contributed by atoms with Crippen molar-refractivity contribution >= 4 is 17.9 Å². The van der Waals surface area contributed by atoms with Crippen molar-refractivity contribution in [2.45, 2.75) is 25.9 Å². The molecule has 0 spiro atoms. The van der Waals surface area contributed by atoms with E-state index in [-0.39, 0.29) is 19.4 Å². The number of carboxylic acid groups (broad SMARTS) is 1. The highest BCUT2D eigenvalue weighted by Gasteiger charge is 2.22. The number of rotatable bonds is 7. The van der Waals surface area contributed by atoms with Gasteiger partial charge in [-0.25, -0.2) is 9.59 Å². The third-order valence-electron chi connectivity index (χ3n) is 1.62. The summed E-state index contributed by atoms with van der Waals surface area (Å²) in [5, 5.41) is 8.70. The third kappa shape index (κ3) is 5.79. The standard InChI is InChI=1S/C10H14O6/c1-3-8(11)16-7(10(13)14)5-6-9(12)15-4-2/h3,7H,1,4-6H2,2H3,(H,13,14). The van der Waals surface area contributed by atoms with Crippen LogP contribution in [0, 0.1) is 0 Å². The molecule has 0 amide bonds. The minimum absolute atomic E-state index is 0.116. The minimum atomic E-state index is -1.35. The van der Waals surface area contributed by atoms with Crippen molar-refractivity contribution in [3.8, 4) is 0 Å². The first-order chi connectivity index (χ1) is 7.51. The summed E-state index contributed by atoms with van der Waals surface area (Å²) in [4.78, 5) is 32.4. The first-order valence-corrected chi connectivity index (χ1v) is 4.72. The highest BCUT2D eigenvalue weighted by atomic mass is 16.6. The molecule has 0 radical (unpaired) electrons. The molecule has 0 rings (SSSR count). The summed E-state index contributed by atoms with van der Waals surface area (Å²) in [5.74, 6) is -2.67. The topological polar surface area (TPSA) is 89.9 Å². The highest BCUT2D eigenvalue weighted by Crippen LogP contribution is 2.05. The van der Waals surface area contributed by atoms with Crippen molar-refractivity contribution in [2.75, 3.05) is 6.61 Å². The van der Waals surface area contributed by atoms with Gasteiger partial charge in [0.05, 0.1) is 6.61 Å². The fourth-order valence-electron chi connectivity index (χ4n) is 0.903. The summed E-state index contributed by atoms with van der Waals surface area (Å²) < 4.78 is 9.14. The minimum Gasteiger partial charge on any atom is -0.479 e. The lowest BCUT2D eigenvalue weighted by molar-refractivity contribution is -0.162. The van der Waals surface area contributed by atoms with Gasteiger partial charge in [0.1, 0.15) is 0 Å². The zero-order chi connectivity index (χ0) is 12.6. The second-order valence-corrected chi connectivity index (χ2v) is 2.81. The number of hydrogen-bond acceptors (Lipinski definition) is 5. The van der Waals surface area contributed by atoms with Crippen molar-refractivity contribution in [1.29, 1.82) is 0 Å². The maximum atomic E-state index is 10.9. The number of ether oxygens (including phenoxy) is 2. The fraction of sp³-hybridized carbons (Fsp3) is 0.500. The molecule has 1 N–H and O–H groups in total. The van der Waals surface area contributed by atoms with Gasteiger partial charge in [-0.2, -0.15) is 0 Å². The molecule has 6 heteroatoms. The SMILES string of the molecule is C=CC(=O)OC(CCC(=O)OCC)C(=O)O. The van der Waals surface area contributed by atoms with E-state index in [4.69, 9.17) is 5.11 Å². The summed E-state index contributed by atoms with van der Waals surface area (Å²) in [5.41, 5.74) is 0. The van der Waals surface area contributed by atoms with Gasteiger partial charge in [-0.05, 0) is 6.92 Å². The fourth-order valence-corrected chi connectivity index (χ4v) is 0.903. The monoisotopic (exact) mass is 230 g/mol. The zero-order valence-electron chi connectivity index (χ0n) is 8.97. The van der Waals surface area contributed by atoms with E-state index in [1.807, 2.05) is 0 Å². The Kier molecular flexibility index (Phi) is 6.58. The van der Waals surface area contributed by atoms with Gasteiger partial charge in [0.2, 0.25) is 0 Å². The first-order valence-electron chi connectivity index (χ1n) is 4.72. The van der Waals surface area contributed by atoms with Gasteiger partial charge in [0.25, 0.3) is 0 Å². The average Bonchev–Trinajstić information content (AvgIpc) is 2.23. The van der Waals surface area contributed by atoms with Crippen LogP contribution in [0.25, 0.3) is 0 Å². The molecule has 6 nitrogen and oxygen atoms in total. The highest BCUT2D eigenvalue weighted by molar-refractivity contribution is 5.84. The van der Waals surface area contributed by atoms with Crippen LogP contribution in [-0.2, 0) is 23.9 Å². The lowest BCUT2D eigenvalue weighted by Crippen LogP contribution is -2.27. The van der Waals surface area contributed by atoms with Gasteiger partial charge in [-0.3, -0.25) is 4.79 Å². The molecule has 0 aliphatic heterocycles. The van der Waals surface area contributed by atoms with E-state index >= 15 is 0 Å². The molecular formula is C10H14O6. The summed E-state index contributed by atoms with van der Waals surface area (Å²) >= 11 is 0. The van der Waals surface area contributed by atoms with Crippen LogP contribution in [0.3, 0.4) is 0 Å². The van der Waals surface area contributed by atoms with Crippen molar-refractivity contribution in [3.05, 3.63) is 12.7 Å². The smallest absolute Gasteiger partial charge is 0.345 e. The summed E-state index contributed by atoms with van der Waals surface area (Å²) in [7, 11) is 0. The number of hydrogen-bond donors (Lipinski definition) is 1. The van der Waals surface area contributed by atoms with Crippen molar-refractivity contribution < 1.29 is 29.0 Å². The van der Waals surface area contributed by atoms with Crippen LogP contribution in [0.1, 0.15) is 19.8 Å². The van der Waals surface area contributed by atoms with Gasteiger partial charge in [-0.15, -0.1) is 0 Å². The second kappa shape index (κ2) is 7.44. The van der Waals surface area contributed by atoms with Gasteiger partial charge in [-0.1, -0.05) is 6.58 Å². The second-order valence-electron chi connectivity index (χ2n) is 2.81. The Labute approximate surface area is 92.8 Å². The molecule has 0 aromatic rings. The van der Waals surface area contributed by atoms with Crippen LogP contribution in [0.4, 0.5) is 0 Å². The van der Waals surface area contributed by atoms with Gasteiger partial charge in [0.15, 0.2) is 6.10 Å². The Morgan fingerprint density at radius 2 is 2.06 bits per heavy atom. The third-order valence-corrected chi connectivity index (χ3v) is 1.62. The lowest BCUT2D eigenvalue weighted by Gasteiger charge is -2.11. The molecule has 90 valence electrons. The van der Waals surface area contributed by atoms with Crippen LogP contribution in [-0.4, -0.2) is 35.7 Å². The van der Waals surface area contributed by atoms with Crippen LogP contribution in [0.5, 0.6) is 0 Å². The molecule has 0 aromatic heterocycles. The molecule has 0 aromatic carbocycles. The Balaban J connectivity index is 4.14. The zero-order valence-corrected chi connectivity index (χ0v) is 8.97. The van der Waals surface area contributed by atoms with Gasteiger partial charge < -0.3 is 14.6 Å². The Morgan fingerprint density at radius 1 is 1.44 bits per heavy atom. The summed E-state index contributed by atoms with van der Waals surface area (Å²) in [6, 6.07) is 0. The molecule has 16 heavy (non-hydrogen) atoms. The molecule has 1 unspecified atom stereocenters. The number of carbonyl (C=O) groups is 3. The summed E-state index contributed by atoms with van der Waals surface area (Å²) in [6.07, 6.45) is -0.724.